The monoisotopic (exact) mass is 324 g/mol. The van der Waals surface area contributed by atoms with Gasteiger partial charge in [0, 0.05) is 32.0 Å². The van der Waals surface area contributed by atoms with Crippen molar-refractivity contribution in [2.24, 2.45) is 17.8 Å². The van der Waals surface area contributed by atoms with Gasteiger partial charge in [0.2, 0.25) is 11.8 Å². The molecule has 2 atom stereocenters. The highest BCUT2D eigenvalue weighted by Crippen LogP contribution is 2.31. The molecule has 2 rings (SSSR count). The number of hydrogen-bond donors (Lipinski definition) is 2. The fraction of sp³-hybridized carbons (Fsp3) is 0.824. The minimum absolute atomic E-state index is 0.0380. The molecule has 6 heteroatoms. The van der Waals surface area contributed by atoms with Crippen LogP contribution in [0.15, 0.2) is 0 Å². The smallest absolute Gasteiger partial charge is 0.303 e. The summed E-state index contributed by atoms with van der Waals surface area (Å²) in [5, 5.41) is 11.5. The zero-order valence-corrected chi connectivity index (χ0v) is 14.1. The molecule has 6 nitrogen and oxygen atoms in total. The summed E-state index contributed by atoms with van der Waals surface area (Å²) < 4.78 is 0. The van der Waals surface area contributed by atoms with Gasteiger partial charge in [0.25, 0.3) is 0 Å². The average Bonchev–Trinajstić information content (AvgIpc) is 2.87. The zero-order chi connectivity index (χ0) is 17.0. The topological polar surface area (TPSA) is 86.7 Å². The van der Waals surface area contributed by atoms with Crippen LogP contribution in [0.4, 0.5) is 0 Å². The van der Waals surface area contributed by atoms with Gasteiger partial charge in [-0.05, 0) is 37.5 Å². The number of carbonyl (C=O) groups is 3. The first kappa shape index (κ1) is 17.8. The van der Waals surface area contributed by atoms with Crippen LogP contribution in [0.1, 0.15) is 52.4 Å². The van der Waals surface area contributed by atoms with E-state index >= 15 is 0 Å². The van der Waals surface area contributed by atoms with E-state index in [4.69, 9.17) is 5.11 Å². The van der Waals surface area contributed by atoms with Crippen molar-refractivity contribution in [3.05, 3.63) is 0 Å². The van der Waals surface area contributed by atoms with Crippen LogP contribution in [0.25, 0.3) is 0 Å². The van der Waals surface area contributed by atoms with Crippen molar-refractivity contribution in [2.75, 3.05) is 13.1 Å². The minimum Gasteiger partial charge on any atom is -0.481 e. The normalized spacial score (nSPS) is 29.4. The largest absolute Gasteiger partial charge is 0.481 e. The number of nitrogens with one attached hydrogen (secondary N) is 1. The van der Waals surface area contributed by atoms with Gasteiger partial charge in [0.1, 0.15) is 0 Å². The van der Waals surface area contributed by atoms with Gasteiger partial charge >= 0.3 is 5.97 Å². The Morgan fingerprint density at radius 1 is 1.30 bits per heavy atom. The molecule has 0 bridgehead atoms. The number of amides is 2. The second-order valence-electron chi connectivity index (χ2n) is 7.31. The quantitative estimate of drug-likeness (QED) is 0.777. The summed E-state index contributed by atoms with van der Waals surface area (Å²) in [7, 11) is 0. The molecule has 2 aliphatic rings. The number of carbonyl (C=O) groups excluding carboxylic acids is 2. The van der Waals surface area contributed by atoms with E-state index in [9.17, 15) is 14.4 Å². The van der Waals surface area contributed by atoms with E-state index in [1.54, 1.807) is 6.92 Å². The van der Waals surface area contributed by atoms with Crippen LogP contribution in [0.5, 0.6) is 0 Å². The molecule has 0 aromatic rings. The van der Waals surface area contributed by atoms with Crippen LogP contribution < -0.4 is 5.32 Å². The maximum absolute atomic E-state index is 12.2. The van der Waals surface area contributed by atoms with Crippen LogP contribution in [0, 0.1) is 17.8 Å². The molecule has 130 valence electrons. The third-order valence-corrected chi connectivity index (χ3v) is 5.10. The maximum atomic E-state index is 12.2. The Morgan fingerprint density at radius 3 is 2.57 bits per heavy atom. The van der Waals surface area contributed by atoms with Crippen LogP contribution >= 0.6 is 0 Å². The summed E-state index contributed by atoms with van der Waals surface area (Å²) in [5.41, 5.74) is 0. The summed E-state index contributed by atoms with van der Waals surface area (Å²) >= 11 is 0. The molecule has 2 unspecified atom stereocenters. The Morgan fingerprint density at radius 2 is 1.96 bits per heavy atom. The van der Waals surface area contributed by atoms with Gasteiger partial charge in [-0.3, -0.25) is 14.4 Å². The first-order chi connectivity index (χ1) is 10.9. The van der Waals surface area contributed by atoms with Crippen molar-refractivity contribution >= 4 is 17.8 Å². The number of nitrogens with zero attached hydrogens (tertiary/aromatic N) is 1. The molecule has 2 N–H and O–H groups in total. The Labute approximate surface area is 137 Å². The number of aliphatic carboxylic acids is 1. The van der Waals surface area contributed by atoms with E-state index in [0.29, 0.717) is 19.1 Å². The zero-order valence-electron chi connectivity index (χ0n) is 14.1. The van der Waals surface area contributed by atoms with Gasteiger partial charge in [-0.15, -0.1) is 0 Å². The fourth-order valence-corrected chi connectivity index (χ4v) is 3.60. The Kier molecular flexibility index (Phi) is 6.02. The van der Waals surface area contributed by atoms with Crippen molar-refractivity contribution in [1.82, 2.24) is 10.2 Å². The maximum Gasteiger partial charge on any atom is 0.303 e. The predicted octanol–water partition coefficient (Wildman–Crippen LogP) is 1.64. The molecule has 1 aliphatic heterocycles. The Hall–Kier alpha value is -1.59. The van der Waals surface area contributed by atoms with E-state index in [1.807, 2.05) is 4.90 Å². The molecule has 2 amide bonds. The average molecular weight is 324 g/mol. The van der Waals surface area contributed by atoms with E-state index in [0.717, 1.165) is 31.6 Å². The summed E-state index contributed by atoms with van der Waals surface area (Å²) in [6.07, 6.45) is 4.70. The standard InChI is InChI=1S/C17H28N2O4/c1-11-3-5-14(6-4-11)19-10-13(8-15(19)20)17(23)18-9-12(2)7-16(21)22/h11-14H,3-10H2,1-2H3,(H,18,23)(H,21,22). The summed E-state index contributed by atoms with van der Waals surface area (Å²) in [6, 6.07) is 0.294. The predicted molar refractivity (Wildman–Crippen MR) is 85.7 cm³/mol. The lowest BCUT2D eigenvalue weighted by atomic mass is 9.87. The van der Waals surface area contributed by atoms with Crippen molar-refractivity contribution in [3.8, 4) is 0 Å². The third kappa shape index (κ3) is 4.94. The fourth-order valence-electron chi connectivity index (χ4n) is 3.60. The lowest BCUT2D eigenvalue weighted by molar-refractivity contribution is -0.138. The lowest BCUT2D eigenvalue weighted by Gasteiger charge is -2.33. The van der Waals surface area contributed by atoms with Crippen molar-refractivity contribution in [2.45, 2.75) is 58.4 Å². The Balaban J connectivity index is 1.79. The van der Waals surface area contributed by atoms with Gasteiger partial charge in [-0.2, -0.15) is 0 Å². The van der Waals surface area contributed by atoms with E-state index in [2.05, 4.69) is 12.2 Å². The van der Waals surface area contributed by atoms with Crippen molar-refractivity contribution in [1.29, 1.82) is 0 Å². The molecule has 1 aliphatic carbocycles. The van der Waals surface area contributed by atoms with Gasteiger partial charge in [-0.25, -0.2) is 0 Å². The molecular weight excluding hydrogens is 296 g/mol. The van der Waals surface area contributed by atoms with Crippen LogP contribution in [0.3, 0.4) is 0 Å². The van der Waals surface area contributed by atoms with Crippen molar-refractivity contribution in [3.63, 3.8) is 0 Å². The molecule has 1 saturated carbocycles. The number of likely N-dealkylation sites (tertiary alicyclic amines) is 1. The van der Waals surface area contributed by atoms with Crippen LogP contribution in [-0.2, 0) is 14.4 Å². The van der Waals surface area contributed by atoms with Crippen LogP contribution in [0.2, 0.25) is 0 Å². The number of rotatable bonds is 6. The highest BCUT2D eigenvalue weighted by Gasteiger charge is 2.38. The van der Waals surface area contributed by atoms with Crippen molar-refractivity contribution < 1.29 is 19.5 Å². The van der Waals surface area contributed by atoms with E-state index in [1.165, 1.54) is 0 Å². The summed E-state index contributed by atoms with van der Waals surface area (Å²) in [5.74, 6) is -0.562. The number of carboxylic acid groups (broad SMARTS) is 1. The first-order valence-electron chi connectivity index (χ1n) is 8.65. The molecule has 0 aromatic heterocycles. The van der Waals surface area contributed by atoms with Crippen LogP contribution in [-0.4, -0.2) is 46.9 Å². The highest BCUT2D eigenvalue weighted by atomic mass is 16.4. The molecular formula is C17H28N2O4. The minimum atomic E-state index is -0.861. The molecule has 2 fully saturated rings. The molecule has 0 spiro atoms. The van der Waals surface area contributed by atoms with Gasteiger partial charge < -0.3 is 15.3 Å². The molecule has 0 radical (unpaired) electrons. The second-order valence-corrected chi connectivity index (χ2v) is 7.31. The molecule has 1 saturated heterocycles. The van der Waals surface area contributed by atoms with Gasteiger partial charge in [0.05, 0.1) is 5.92 Å². The molecule has 23 heavy (non-hydrogen) atoms. The lowest BCUT2D eigenvalue weighted by Crippen LogP contribution is -2.40. The van der Waals surface area contributed by atoms with Gasteiger partial charge in [-0.1, -0.05) is 13.8 Å². The molecule has 0 aromatic carbocycles. The van der Waals surface area contributed by atoms with Gasteiger partial charge in [0.15, 0.2) is 0 Å². The van der Waals surface area contributed by atoms with E-state index in [-0.39, 0.29) is 36.5 Å². The SMILES string of the molecule is CC1CCC(N2CC(C(=O)NCC(C)CC(=O)O)CC2=O)CC1. The second kappa shape index (κ2) is 7.79. The Bertz CT molecular complexity index is 458. The highest BCUT2D eigenvalue weighted by molar-refractivity contribution is 5.89. The third-order valence-electron chi connectivity index (χ3n) is 5.10. The van der Waals surface area contributed by atoms with E-state index < -0.39 is 5.97 Å². The molecule has 1 heterocycles. The summed E-state index contributed by atoms with van der Waals surface area (Å²) in [6.45, 7) is 4.90. The summed E-state index contributed by atoms with van der Waals surface area (Å²) in [4.78, 5) is 37.0. The number of carboxylic acids is 1. The first-order valence-corrected chi connectivity index (χ1v) is 8.65. The number of hydrogen-bond acceptors (Lipinski definition) is 3.